The van der Waals surface area contributed by atoms with E-state index in [0.717, 1.165) is 11.1 Å². The van der Waals surface area contributed by atoms with Gasteiger partial charge in [-0.2, -0.15) is 23.3 Å². The number of benzene rings is 2. The van der Waals surface area contributed by atoms with Crippen molar-refractivity contribution in [3.05, 3.63) is 71.7 Å². The van der Waals surface area contributed by atoms with Gasteiger partial charge in [-0.3, -0.25) is 9.48 Å². The van der Waals surface area contributed by atoms with Crippen LogP contribution in [0, 0.1) is 0 Å². The highest BCUT2D eigenvalue weighted by Crippen LogP contribution is 2.44. The van der Waals surface area contributed by atoms with Gasteiger partial charge in [0.15, 0.2) is 8.38 Å². The van der Waals surface area contributed by atoms with Gasteiger partial charge in [0.25, 0.3) is 5.91 Å². The summed E-state index contributed by atoms with van der Waals surface area (Å²) in [4.78, 5) is 21.2. The zero-order chi connectivity index (χ0) is 32.0. The van der Waals surface area contributed by atoms with Crippen LogP contribution in [0.3, 0.4) is 0 Å². The highest BCUT2D eigenvalue weighted by molar-refractivity contribution is 7.46. The summed E-state index contributed by atoms with van der Waals surface area (Å²) in [5.74, 6) is -0.661. The Balaban J connectivity index is 1.60. The van der Waals surface area contributed by atoms with Crippen LogP contribution in [-0.2, 0) is 27.9 Å². The topological polar surface area (TPSA) is 124 Å². The van der Waals surface area contributed by atoms with Crippen molar-refractivity contribution in [3.8, 4) is 16.9 Å². The monoisotopic (exact) mass is 643 g/mol. The van der Waals surface area contributed by atoms with Crippen molar-refractivity contribution in [2.24, 2.45) is 0 Å². The van der Waals surface area contributed by atoms with Crippen LogP contribution in [0.4, 0.5) is 36.3 Å². The van der Waals surface area contributed by atoms with Crippen LogP contribution in [0.1, 0.15) is 41.8 Å². The number of methoxy groups -OCH3 is 1. The zero-order valence-electron chi connectivity index (χ0n) is 24.9. The number of halogens is 3. The number of anilines is 4. The maximum absolute atomic E-state index is 14.1. The van der Waals surface area contributed by atoms with Crippen molar-refractivity contribution in [1.29, 1.82) is 0 Å². The summed E-state index contributed by atoms with van der Waals surface area (Å²) in [6, 6.07) is 10.2. The number of amides is 1. The lowest BCUT2D eigenvalue weighted by Crippen LogP contribution is -2.24. The number of aryl methyl sites for hydroxylation is 1. The second-order valence-electron chi connectivity index (χ2n) is 9.95. The van der Waals surface area contributed by atoms with Gasteiger partial charge in [0.05, 0.1) is 43.5 Å². The molecule has 45 heavy (non-hydrogen) atoms. The molecule has 0 spiro atoms. The number of nitrogens with zero attached hydrogens (tertiary/aromatic N) is 4. The first kappa shape index (κ1) is 32.1. The highest BCUT2D eigenvalue weighted by Gasteiger charge is 2.36. The van der Waals surface area contributed by atoms with Gasteiger partial charge in [0, 0.05) is 37.2 Å². The van der Waals surface area contributed by atoms with E-state index in [2.05, 4.69) is 31.0 Å². The number of carbonyl (C=O) groups is 1. The van der Waals surface area contributed by atoms with Gasteiger partial charge in [-0.1, -0.05) is 12.1 Å². The van der Waals surface area contributed by atoms with E-state index in [1.54, 1.807) is 48.1 Å². The van der Waals surface area contributed by atoms with Crippen molar-refractivity contribution in [3.63, 3.8) is 0 Å². The van der Waals surface area contributed by atoms with Crippen LogP contribution >= 0.6 is 8.38 Å². The normalized spacial score (nSPS) is 15.4. The van der Waals surface area contributed by atoms with Crippen molar-refractivity contribution in [2.75, 3.05) is 37.5 Å². The fraction of sp³-hybridized carbons (Fsp3) is 0.333. The smallest absolute Gasteiger partial charge is 0.421 e. The number of aromatic nitrogens is 4. The quantitative estimate of drug-likeness (QED) is 0.200. The number of rotatable bonds is 5. The summed E-state index contributed by atoms with van der Waals surface area (Å²) in [5, 5.41) is 12.9. The second-order valence-corrected chi connectivity index (χ2v) is 11.4. The maximum atomic E-state index is 14.1. The molecule has 2 aromatic carbocycles. The van der Waals surface area contributed by atoms with Crippen LogP contribution in [0.25, 0.3) is 11.1 Å². The molecular weight excluding hydrogens is 610 g/mol. The number of ether oxygens (including phenoxy) is 1. The van der Waals surface area contributed by atoms with Crippen LogP contribution in [0.15, 0.2) is 55.0 Å². The molecule has 1 amide bonds. The van der Waals surface area contributed by atoms with Gasteiger partial charge in [-0.05, 0) is 55.7 Å². The molecular formula is C30H33F3N7O4P. The average Bonchev–Trinajstić information content (AvgIpc) is 3.48. The van der Waals surface area contributed by atoms with Gasteiger partial charge in [-0.25, -0.2) is 4.98 Å². The molecule has 8 rings (SSSR count). The Kier molecular flexibility index (Phi) is 10.2. The summed E-state index contributed by atoms with van der Waals surface area (Å²) in [6.07, 6.45) is 0.643. The third-order valence-electron chi connectivity index (χ3n) is 6.78. The van der Waals surface area contributed by atoms with Gasteiger partial charge < -0.3 is 29.7 Å². The van der Waals surface area contributed by atoms with E-state index in [4.69, 9.17) is 13.8 Å². The molecule has 4 aliphatic heterocycles. The van der Waals surface area contributed by atoms with E-state index in [1.165, 1.54) is 7.11 Å². The maximum Gasteiger partial charge on any atom is 0.421 e. The van der Waals surface area contributed by atoms with E-state index in [-0.39, 0.29) is 17.2 Å². The molecule has 0 saturated carbocycles. The average molecular weight is 644 g/mol. The van der Waals surface area contributed by atoms with E-state index in [1.807, 2.05) is 19.2 Å². The Bertz CT molecular complexity index is 1650. The molecule has 3 N–H and O–H groups in total. The van der Waals surface area contributed by atoms with Crippen LogP contribution in [0.5, 0.6) is 5.75 Å². The van der Waals surface area contributed by atoms with E-state index < -0.39 is 31.8 Å². The molecule has 15 heteroatoms. The lowest BCUT2D eigenvalue weighted by molar-refractivity contribution is -0.137. The van der Waals surface area contributed by atoms with Crippen LogP contribution < -0.4 is 20.7 Å². The molecule has 0 aliphatic carbocycles. The molecule has 11 nitrogen and oxygen atoms in total. The molecule has 0 fully saturated rings. The summed E-state index contributed by atoms with van der Waals surface area (Å²) < 4.78 is 61.6. The Labute approximate surface area is 259 Å². The van der Waals surface area contributed by atoms with E-state index >= 15 is 0 Å². The molecule has 0 radical (unpaired) electrons. The molecule has 1 atom stereocenters. The Morgan fingerprint density at radius 3 is 2.69 bits per heavy atom. The lowest BCUT2D eigenvalue weighted by Gasteiger charge is -2.19. The molecule has 8 bridgehead atoms. The van der Waals surface area contributed by atoms with Gasteiger partial charge in [0.2, 0.25) is 5.95 Å². The minimum absolute atomic E-state index is 0.109. The third-order valence-corrected chi connectivity index (χ3v) is 8.42. The highest BCUT2D eigenvalue weighted by atomic mass is 31.2. The lowest BCUT2D eigenvalue weighted by atomic mass is 10.0. The fourth-order valence-corrected chi connectivity index (χ4v) is 6.03. The van der Waals surface area contributed by atoms with Crippen LogP contribution in [0.2, 0.25) is 0 Å². The molecule has 0 saturated heterocycles. The van der Waals surface area contributed by atoms with Crippen molar-refractivity contribution in [2.45, 2.75) is 39.2 Å². The molecule has 1 unspecified atom stereocenters. The first-order chi connectivity index (χ1) is 21.7. The summed E-state index contributed by atoms with van der Waals surface area (Å²) in [6.45, 7) is 5.52. The van der Waals surface area contributed by atoms with Gasteiger partial charge >= 0.3 is 6.18 Å². The molecule has 6 heterocycles. The summed E-state index contributed by atoms with van der Waals surface area (Å²) in [7, 11) is 0.257. The molecule has 4 aliphatic rings. The third kappa shape index (κ3) is 7.88. The Hall–Kier alpha value is -4.26. The molecule has 238 valence electrons. The Morgan fingerprint density at radius 1 is 1.11 bits per heavy atom. The van der Waals surface area contributed by atoms with Crippen LogP contribution in [-0.4, -0.2) is 52.5 Å². The van der Waals surface area contributed by atoms with Gasteiger partial charge in [-0.15, -0.1) is 0 Å². The summed E-state index contributed by atoms with van der Waals surface area (Å²) >= 11 is 0. The molecule has 2 aromatic heterocycles. The fourth-order valence-electron chi connectivity index (χ4n) is 4.66. The Morgan fingerprint density at radius 2 is 1.93 bits per heavy atom. The van der Waals surface area contributed by atoms with E-state index in [9.17, 15) is 18.0 Å². The minimum atomic E-state index is -4.77. The van der Waals surface area contributed by atoms with E-state index in [0.29, 0.717) is 62.1 Å². The molecule has 4 aromatic rings. The largest absolute Gasteiger partial charge is 0.495 e. The first-order valence-electron chi connectivity index (χ1n) is 14.3. The standard InChI is InChI=1S/C30H33F3N7O4P/c1-4-34-28(41)22-14-20-8-10-24(22)37-27-23(30(31,32)33)16-35-29(39-27)38-25-9-7-19(13-26(25)42-3)18-45(43-5-2)44-12-6-11-40-17-21(20)15-36-40/h7-10,13-17H,4-6,11-12,18H2,1-3H3,(H,34,41)(H2,35,37,38,39). The number of nitrogens with one attached hydrogen (secondary N) is 3. The SMILES string of the molecule is CCNC(=O)c1cc2ccc1Nc1nc(ncc1C(F)(F)F)Nc1ccc(cc1OC)CP(OCC)OCCCn1cc-2cn1. The van der Waals surface area contributed by atoms with Crippen molar-refractivity contribution < 1.29 is 31.8 Å². The predicted octanol–water partition coefficient (Wildman–Crippen LogP) is 6.87. The summed E-state index contributed by atoms with van der Waals surface area (Å²) in [5.41, 5.74) is 1.94. The van der Waals surface area contributed by atoms with Crippen molar-refractivity contribution >= 4 is 37.4 Å². The number of hydrogen-bond donors (Lipinski definition) is 3. The van der Waals surface area contributed by atoms with Gasteiger partial charge in [0.1, 0.15) is 17.1 Å². The number of carbonyl (C=O) groups excluding carboxylic acids is 1. The number of hydrogen-bond acceptors (Lipinski definition) is 9. The first-order valence-corrected chi connectivity index (χ1v) is 15.7. The number of alkyl halides is 3. The van der Waals surface area contributed by atoms with Crippen molar-refractivity contribution in [1.82, 2.24) is 25.1 Å². The predicted molar refractivity (Wildman–Crippen MR) is 165 cm³/mol. The minimum Gasteiger partial charge on any atom is -0.495 e. The zero-order valence-corrected chi connectivity index (χ0v) is 25.8. The second kappa shape index (κ2) is 14.2.